The zero-order valence-electron chi connectivity index (χ0n) is 12.4. The summed E-state index contributed by atoms with van der Waals surface area (Å²) >= 11 is 0. The van der Waals surface area contributed by atoms with Crippen molar-refractivity contribution in [1.82, 2.24) is 4.90 Å². The fourth-order valence-electron chi connectivity index (χ4n) is 3.06. The van der Waals surface area contributed by atoms with Crippen molar-refractivity contribution in [2.24, 2.45) is 4.99 Å². The molecule has 0 bridgehead atoms. The van der Waals surface area contributed by atoms with Crippen LogP contribution in [-0.4, -0.2) is 17.8 Å². The molecule has 2 heteroatoms. The first-order chi connectivity index (χ1) is 9.72. The largest absolute Gasteiger partial charge is 0.329 e. The van der Waals surface area contributed by atoms with E-state index in [1.807, 2.05) is 0 Å². The number of fused-ring (bicyclic) bond motifs is 1. The van der Waals surface area contributed by atoms with Gasteiger partial charge in [-0.05, 0) is 43.2 Å². The maximum absolute atomic E-state index is 4.98. The summed E-state index contributed by atoms with van der Waals surface area (Å²) in [4.78, 5) is 7.14. The first-order valence-corrected chi connectivity index (χ1v) is 7.55. The minimum Gasteiger partial charge on any atom is -0.329 e. The van der Waals surface area contributed by atoms with Gasteiger partial charge in [0, 0.05) is 18.3 Å². The maximum atomic E-state index is 4.98. The van der Waals surface area contributed by atoms with E-state index in [9.17, 15) is 0 Å². The number of hydrogen-bond donors (Lipinski definition) is 0. The van der Waals surface area contributed by atoms with Gasteiger partial charge in [-0.25, -0.2) is 4.99 Å². The molecule has 1 aliphatic heterocycles. The minimum atomic E-state index is 1.01. The molecule has 0 amide bonds. The first kappa shape index (κ1) is 13.2. The minimum absolute atomic E-state index is 1.01. The molecule has 104 valence electrons. The summed E-state index contributed by atoms with van der Waals surface area (Å²) < 4.78 is 0. The van der Waals surface area contributed by atoms with Crippen LogP contribution in [0.25, 0.3) is 5.70 Å². The van der Waals surface area contributed by atoms with E-state index in [4.69, 9.17) is 4.99 Å². The molecule has 2 aliphatic rings. The molecule has 1 aromatic carbocycles. The van der Waals surface area contributed by atoms with Crippen molar-refractivity contribution >= 4 is 17.2 Å². The van der Waals surface area contributed by atoms with E-state index in [-0.39, 0.29) is 0 Å². The van der Waals surface area contributed by atoms with Crippen LogP contribution >= 0.6 is 0 Å². The van der Waals surface area contributed by atoms with E-state index in [1.165, 1.54) is 36.0 Å². The molecular formula is C18H22N2. The second-order valence-electron chi connectivity index (χ2n) is 5.58. The van der Waals surface area contributed by atoms with Crippen molar-refractivity contribution < 1.29 is 0 Å². The smallest absolute Gasteiger partial charge is 0.136 e. The second kappa shape index (κ2) is 5.28. The van der Waals surface area contributed by atoms with E-state index in [1.54, 1.807) is 0 Å². The monoisotopic (exact) mass is 266 g/mol. The Morgan fingerprint density at radius 1 is 1.30 bits per heavy atom. The lowest BCUT2D eigenvalue weighted by Crippen LogP contribution is -2.29. The molecule has 0 atom stereocenters. The number of benzene rings is 1. The van der Waals surface area contributed by atoms with Gasteiger partial charge in [0.25, 0.3) is 0 Å². The standard InChI is InChI=1S/C18H22N2/c1-4-14-11-8-12-16-13(2)20(3)18(19-17(14)16)15-9-6-5-7-10-15/h8-9,11-12H,2,4-7,10H2,1,3H3. The van der Waals surface area contributed by atoms with E-state index in [2.05, 4.69) is 49.7 Å². The number of rotatable bonds is 2. The fraction of sp³-hybridized carbons (Fsp3) is 0.389. The molecule has 0 fully saturated rings. The van der Waals surface area contributed by atoms with Crippen LogP contribution in [0.2, 0.25) is 0 Å². The molecule has 20 heavy (non-hydrogen) atoms. The number of nitrogens with zero attached hydrogens (tertiary/aromatic N) is 2. The molecule has 0 spiro atoms. The van der Waals surface area contributed by atoms with Gasteiger partial charge in [0.2, 0.25) is 0 Å². The summed E-state index contributed by atoms with van der Waals surface area (Å²) in [5, 5.41) is 0. The molecule has 2 nitrogen and oxygen atoms in total. The summed E-state index contributed by atoms with van der Waals surface area (Å²) in [6, 6.07) is 6.41. The van der Waals surface area contributed by atoms with Gasteiger partial charge in [-0.15, -0.1) is 0 Å². The van der Waals surface area contributed by atoms with Crippen LogP contribution in [0, 0.1) is 0 Å². The Hall–Kier alpha value is -1.83. The highest BCUT2D eigenvalue weighted by atomic mass is 15.2. The third kappa shape index (κ3) is 2.09. The molecule has 0 N–H and O–H groups in total. The van der Waals surface area contributed by atoms with Crippen LogP contribution in [0.3, 0.4) is 0 Å². The highest BCUT2D eigenvalue weighted by molar-refractivity contribution is 6.07. The number of allylic oxidation sites excluding steroid dienone is 1. The summed E-state index contributed by atoms with van der Waals surface area (Å²) in [6.07, 6.45) is 8.25. The van der Waals surface area contributed by atoms with Gasteiger partial charge < -0.3 is 4.90 Å². The van der Waals surface area contributed by atoms with Crippen LogP contribution < -0.4 is 0 Å². The van der Waals surface area contributed by atoms with E-state index < -0.39 is 0 Å². The summed E-state index contributed by atoms with van der Waals surface area (Å²) in [5.74, 6) is 1.10. The van der Waals surface area contributed by atoms with Crippen LogP contribution in [0.5, 0.6) is 0 Å². The average Bonchev–Trinajstić information content (AvgIpc) is 2.51. The Morgan fingerprint density at radius 3 is 2.85 bits per heavy atom. The van der Waals surface area contributed by atoms with Crippen LogP contribution in [0.15, 0.2) is 41.4 Å². The van der Waals surface area contributed by atoms with Gasteiger partial charge in [0.1, 0.15) is 5.84 Å². The highest BCUT2D eigenvalue weighted by Crippen LogP contribution is 2.37. The Bertz CT molecular complexity index is 608. The summed E-state index contributed by atoms with van der Waals surface area (Å²) in [7, 11) is 2.08. The second-order valence-corrected chi connectivity index (χ2v) is 5.58. The number of aliphatic imine (C=N–C) groups is 1. The molecule has 1 aromatic rings. The van der Waals surface area contributed by atoms with E-state index >= 15 is 0 Å². The lowest BCUT2D eigenvalue weighted by atomic mass is 9.95. The Labute approximate surface area is 121 Å². The van der Waals surface area contributed by atoms with Crippen molar-refractivity contribution in [3.8, 4) is 0 Å². The molecular weight excluding hydrogens is 244 g/mol. The van der Waals surface area contributed by atoms with Crippen molar-refractivity contribution in [3.63, 3.8) is 0 Å². The topological polar surface area (TPSA) is 15.6 Å². The van der Waals surface area contributed by atoms with Crippen LogP contribution in [0.1, 0.15) is 43.7 Å². The van der Waals surface area contributed by atoms with Gasteiger partial charge >= 0.3 is 0 Å². The van der Waals surface area contributed by atoms with Gasteiger partial charge in [-0.3, -0.25) is 0 Å². The van der Waals surface area contributed by atoms with Crippen molar-refractivity contribution in [1.29, 1.82) is 0 Å². The predicted octanol–water partition coefficient (Wildman–Crippen LogP) is 4.70. The quantitative estimate of drug-likeness (QED) is 0.758. The maximum Gasteiger partial charge on any atom is 0.136 e. The Morgan fingerprint density at radius 2 is 2.15 bits per heavy atom. The lowest BCUT2D eigenvalue weighted by molar-refractivity contribution is 0.671. The zero-order chi connectivity index (χ0) is 14.1. The molecule has 0 saturated heterocycles. The van der Waals surface area contributed by atoms with Crippen molar-refractivity contribution in [2.45, 2.75) is 39.0 Å². The summed E-state index contributed by atoms with van der Waals surface area (Å²) in [6.45, 7) is 6.46. The van der Waals surface area contributed by atoms with Crippen LogP contribution in [-0.2, 0) is 6.42 Å². The predicted molar refractivity (Wildman–Crippen MR) is 86.3 cm³/mol. The van der Waals surface area contributed by atoms with Gasteiger partial charge in [0.05, 0.1) is 5.69 Å². The SMILES string of the molecule is C=C1c2cccc(CC)c2N=C(C2=CCCCC2)N1C. The molecule has 3 rings (SSSR count). The third-order valence-electron chi connectivity index (χ3n) is 4.33. The normalized spacial score (nSPS) is 18.5. The van der Waals surface area contributed by atoms with Crippen molar-refractivity contribution in [3.05, 3.63) is 47.6 Å². The molecule has 1 aliphatic carbocycles. The molecule has 0 radical (unpaired) electrons. The number of aryl methyl sites for hydroxylation is 1. The number of amidine groups is 1. The van der Waals surface area contributed by atoms with E-state index in [0.717, 1.165) is 30.1 Å². The number of hydrogen-bond acceptors (Lipinski definition) is 2. The number of para-hydroxylation sites is 1. The van der Waals surface area contributed by atoms with Crippen molar-refractivity contribution in [2.75, 3.05) is 7.05 Å². The third-order valence-corrected chi connectivity index (χ3v) is 4.33. The van der Waals surface area contributed by atoms with E-state index in [0.29, 0.717) is 0 Å². The fourth-order valence-corrected chi connectivity index (χ4v) is 3.06. The Balaban J connectivity index is 2.13. The molecule has 0 aromatic heterocycles. The Kier molecular flexibility index (Phi) is 3.47. The average molecular weight is 266 g/mol. The van der Waals surface area contributed by atoms with Gasteiger partial charge in [-0.2, -0.15) is 0 Å². The number of likely N-dealkylation sites (N-methyl/N-ethyl adjacent to an activating group) is 1. The van der Waals surface area contributed by atoms with Gasteiger partial charge in [-0.1, -0.05) is 37.8 Å². The van der Waals surface area contributed by atoms with Gasteiger partial charge in [0.15, 0.2) is 0 Å². The molecule has 0 unspecified atom stereocenters. The molecule has 1 heterocycles. The molecule has 0 saturated carbocycles. The first-order valence-electron chi connectivity index (χ1n) is 7.55. The summed E-state index contributed by atoms with van der Waals surface area (Å²) in [5.41, 5.74) is 6.06. The highest BCUT2D eigenvalue weighted by Gasteiger charge is 2.24. The zero-order valence-corrected chi connectivity index (χ0v) is 12.4. The lowest BCUT2D eigenvalue weighted by Gasteiger charge is -2.32. The van der Waals surface area contributed by atoms with Crippen LogP contribution in [0.4, 0.5) is 5.69 Å².